The van der Waals surface area contributed by atoms with Gasteiger partial charge in [0, 0.05) is 5.69 Å². The van der Waals surface area contributed by atoms with Crippen molar-refractivity contribution in [2.24, 2.45) is 0 Å². The summed E-state index contributed by atoms with van der Waals surface area (Å²) in [5.74, 6) is 0.877. The fourth-order valence-corrected chi connectivity index (χ4v) is 2.43. The van der Waals surface area contributed by atoms with Crippen LogP contribution in [0.1, 0.15) is 23.4 Å². The van der Waals surface area contributed by atoms with Crippen molar-refractivity contribution in [1.82, 2.24) is 14.6 Å². The molecule has 1 atom stereocenters. The summed E-state index contributed by atoms with van der Waals surface area (Å²) in [5.41, 5.74) is 4.00. The molecule has 0 aliphatic rings. The van der Waals surface area contributed by atoms with Crippen LogP contribution in [-0.2, 0) is 0 Å². The summed E-state index contributed by atoms with van der Waals surface area (Å²) in [6, 6.07) is 12.0. The van der Waals surface area contributed by atoms with Crippen molar-refractivity contribution in [2.45, 2.75) is 19.2 Å². The zero-order valence-electron chi connectivity index (χ0n) is 11.3. The molecule has 1 N–H and O–H groups in total. The first-order valence-electron chi connectivity index (χ1n) is 6.45. The second-order valence-corrected chi connectivity index (χ2v) is 5.43. The zero-order valence-corrected chi connectivity index (χ0v) is 12.1. The van der Waals surface area contributed by atoms with E-state index in [0.717, 1.165) is 28.3 Å². The first kappa shape index (κ1) is 12.9. The number of pyridine rings is 1. The van der Waals surface area contributed by atoms with Crippen LogP contribution >= 0.6 is 11.6 Å². The van der Waals surface area contributed by atoms with E-state index in [0.29, 0.717) is 0 Å². The number of benzene rings is 1. The third-order valence-corrected chi connectivity index (χ3v) is 3.41. The van der Waals surface area contributed by atoms with Crippen LogP contribution in [0.4, 0.5) is 11.5 Å². The number of hydrogen-bond donors (Lipinski definition) is 1. The highest BCUT2D eigenvalue weighted by Gasteiger charge is 2.10. The van der Waals surface area contributed by atoms with Crippen molar-refractivity contribution in [3.8, 4) is 0 Å². The lowest BCUT2D eigenvalue weighted by atomic mass is 10.1. The Morgan fingerprint density at radius 2 is 2.05 bits per heavy atom. The van der Waals surface area contributed by atoms with Crippen LogP contribution in [0.15, 0.2) is 42.7 Å². The molecule has 0 saturated heterocycles. The van der Waals surface area contributed by atoms with Gasteiger partial charge in [-0.3, -0.25) is 0 Å². The summed E-state index contributed by atoms with van der Waals surface area (Å²) in [6.45, 7) is 4.00. The van der Waals surface area contributed by atoms with Gasteiger partial charge in [-0.15, -0.1) is 11.6 Å². The van der Waals surface area contributed by atoms with Gasteiger partial charge in [-0.2, -0.15) is 9.61 Å². The number of para-hydroxylation sites is 1. The molecule has 102 valence electrons. The highest BCUT2D eigenvalue weighted by Crippen LogP contribution is 2.29. The predicted octanol–water partition coefficient (Wildman–Crippen LogP) is 4.08. The highest BCUT2D eigenvalue weighted by molar-refractivity contribution is 6.21. The molecule has 4 nitrogen and oxygen atoms in total. The van der Waals surface area contributed by atoms with Crippen molar-refractivity contribution in [3.05, 3.63) is 53.9 Å². The van der Waals surface area contributed by atoms with Gasteiger partial charge in [-0.1, -0.05) is 18.2 Å². The Morgan fingerprint density at radius 1 is 1.25 bits per heavy atom. The van der Waals surface area contributed by atoms with Crippen molar-refractivity contribution < 1.29 is 0 Å². The van der Waals surface area contributed by atoms with Gasteiger partial charge in [0.05, 0.1) is 5.38 Å². The van der Waals surface area contributed by atoms with Crippen molar-refractivity contribution in [3.63, 3.8) is 0 Å². The molecule has 0 saturated carbocycles. The average Bonchev–Trinajstić information content (AvgIpc) is 2.87. The molecule has 3 rings (SSSR count). The number of fused-ring (bicyclic) bond motifs is 1. The number of alkyl halides is 1. The normalized spacial score (nSPS) is 12.6. The van der Waals surface area contributed by atoms with Crippen molar-refractivity contribution >= 4 is 28.8 Å². The van der Waals surface area contributed by atoms with Crippen LogP contribution in [0, 0.1) is 6.92 Å². The van der Waals surface area contributed by atoms with Crippen LogP contribution in [-0.4, -0.2) is 14.6 Å². The molecule has 0 bridgehead atoms. The largest absolute Gasteiger partial charge is 0.340 e. The minimum atomic E-state index is -0.0604. The van der Waals surface area contributed by atoms with E-state index in [4.69, 9.17) is 11.6 Å². The molecule has 2 aromatic heterocycles. The highest BCUT2D eigenvalue weighted by atomic mass is 35.5. The summed E-state index contributed by atoms with van der Waals surface area (Å²) in [5, 5.41) is 7.58. The fourth-order valence-electron chi connectivity index (χ4n) is 2.24. The monoisotopic (exact) mass is 286 g/mol. The molecule has 0 radical (unpaired) electrons. The van der Waals surface area contributed by atoms with Crippen LogP contribution in [0.2, 0.25) is 0 Å². The molecular weight excluding hydrogens is 272 g/mol. The van der Waals surface area contributed by atoms with Gasteiger partial charge in [0.1, 0.15) is 12.1 Å². The number of aromatic nitrogens is 3. The van der Waals surface area contributed by atoms with Crippen LogP contribution in [0.25, 0.3) is 5.65 Å². The molecular formula is C15H15ClN4. The third kappa shape index (κ3) is 2.34. The Hall–Kier alpha value is -2.07. The molecule has 0 fully saturated rings. The van der Waals surface area contributed by atoms with E-state index in [2.05, 4.69) is 15.4 Å². The topological polar surface area (TPSA) is 42.2 Å². The Morgan fingerprint density at radius 3 is 2.85 bits per heavy atom. The summed E-state index contributed by atoms with van der Waals surface area (Å²) in [4.78, 5) is 4.23. The predicted molar refractivity (Wildman–Crippen MR) is 81.7 cm³/mol. The van der Waals surface area contributed by atoms with Crippen LogP contribution in [0.5, 0.6) is 0 Å². The SMILES string of the molecule is Cc1cc(Nc2ccccc2C(C)Cl)n2ncnc2c1. The summed E-state index contributed by atoms with van der Waals surface area (Å²) in [6.07, 6.45) is 1.55. The number of nitrogens with one attached hydrogen (secondary N) is 1. The number of rotatable bonds is 3. The second-order valence-electron chi connectivity index (χ2n) is 4.78. The van der Waals surface area contributed by atoms with E-state index >= 15 is 0 Å². The maximum absolute atomic E-state index is 6.23. The smallest absolute Gasteiger partial charge is 0.157 e. The molecule has 0 amide bonds. The van der Waals surface area contributed by atoms with Crippen molar-refractivity contribution in [1.29, 1.82) is 0 Å². The first-order valence-corrected chi connectivity index (χ1v) is 6.89. The van der Waals surface area contributed by atoms with E-state index in [1.54, 1.807) is 10.8 Å². The lowest BCUT2D eigenvalue weighted by Crippen LogP contribution is -2.03. The number of nitrogens with zero attached hydrogens (tertiary/aromatic N) is 3. The quantitative estimate of drug-likeness (QED) is 0.738. The minimum absolute atomic E-state index is 0.0604. The Bertz CT molecular complexity index is 748. The third-order valence-electron chi connectivity index (χ3n) is 3.18. The molecule has 1 unspecified atom stereocenters. The molecule has 20 heavy (non-hydrogen) atoms. The second kappa shape index (κ2) is 5.13. The Labute approximate surface area is 122 Å². The van der Waals surface area contributed by atoms with Gasteiger partial charge in [0.25, 0.3) is 0 Å². The van der Waals surface area contributed by atoms with Crippen LogP contribution in [0.3, 0.4) is 0 Å². The van der Waals surface area contributed by atoms with E-state index in [1.807, 2.05) is 50.2 Å². The maximum atomic E-state index is 6.23. The molecule has 1 aromatic carbocycles. The molecule has 2 heterocycles. The molecule has 0 aliphatic carbocycles. The number of aryl methyl sites for hydroxylation is 1. The van der Waals surface area contributed by atoms with Gasteiger partial charge >= 0.3 is 0 Å². The summed E-state index contributed by atoms with van der Waals surface area (Å²) < 4.78 is 1.78. The number of anilines is 2. The molecule has 5 heteroatoms. The minimum Gasteiger partial charge on any atom is -0.340 e. The zero-order chi connectivity index (χ0) is 14.1. The lowest BCUT2D eigenvalue weighted by molar-refractivity contribution is 0.963. The van der Waals surface area contributed by atoms with Gasteiger partial charge in [0.15, 0.2) is 5.65 Å². The molecule has 0 aliphatic heterocycles. The number of halogens is 1. The van der Waals surface area contributed by atoms with E-state index in [-0.39, 0.29) is 5.38 Å². The average molecular weight is 287 g/mol. The van der Waals surface area contributed by atoms with Gasteiger partial charge in [-0.05, 0) is 43.2 Å². The van der Waals surface area contributed by atoms with Gasteiger partial charge in [-0.25, -0.2) is 4.98 Å². The number of hydrogen-bond acceptors (Lipinski definition) is 3. The van der Waals surface area contributed by atoms with Crippen LogP contribution < -0.4 is 5.32 Å². The van der Waals surface area contributed by atoms with E-state index < -0.39 is 0 Å². The molecule has 3 aromatic rings. The first-order chi connectivity index (χ1) is 9.65. The van der Waals surface area contributed by atoms with E-state index in [9.17, 15) is 0 Å². The van der Waals surface area contributed by atoms with Gasteiger partial charge < -0.3 is 5.32 Å². The van der Waals surface area contributed by atoms with E-state index in [1.165, 1.54) is 0 Å². The maximum Gasteiger partial charge on any atom is 0.157 e. The Balaban J connectivity index is 2.08. The standard InChI is InChI=1S/C15H15ClN4/c1-10-7-14-17-9-18-20(14)15(8-10)19-13-6-4-3-5-12(13)11(2)16/h3-9,11,19H,1-2H3. The Kier molecular flexibility index (Phi) is 3.32. The summed E-state index contributed by atoms with van der Waals surface area (Å²) in [7, 11) is 0. The van der Waals surface area contributed by atoms with Crippen molar-refractivity contribution in [2.75, 3.05) is 5.32 Å². The summed E-state index contributed by atoms with van der Waals surface area (Å²) >= 11 is 6.23. The molecule has 0 spiro atoms. The fraction of sp³-hybridized carbons (Fsp3) is 0.200. The van der Waals surface area contributed by atoms with Gasteiger partial charge in [0.2, 0.25) is 0 Å². The lowest BCUT2D eigenvalue weighted by Gasteiger charge is -2.14.